The van der Waals surface area contributed by atoms with E-state index in [1.54, 1.807) is 0 Å². The molecule has 2 aliphatic rings. The zero-order valence-electron chi connectivity index (χ0n) is 13.6. The second kappa shape index (κ2) is 5.19. The van der Waals surface area contributed by atoms with Crippen LogP contribution in [0.15, 0.2) is 22.7 Å². The topological polar surface area (TPSA) is 83.6 Å². The molecular formula is C18H18N2O4. The molecule has 1 aliphatic carbocycles. The third kappa shape index (κ3) is 2.29. The molecule has 1 N–H and O–H groups in total. The Balaban J connectivity index is 1.70. The molecule has 1 saturated carbocycles. The number of aromatic carboxylic acids is 1. The van der Waals surface area contributed by atoms with Gasteiger partial charge >= 0.3 is 5.97 Å². The number of carbonyl (C=O) groups is 2. The predicted octanol–water partition coefficient (Wildman–Crippen LogP) is 3.10. The maximum Gasteiger partial charge on any atom is 0.358 e. The Hall–Kier alpha value is -2.63. The van der Waals surface area contributed by atoms with Crippen molar-refractivity contribution < 1.29 is 19.2 Å². The number of carboxylic acids is 1. The number of fused-ring (bicyclic) bond motifs is 1. The summed E-state index contributed by atoms with van der Waals surface area (Å²) in [5.41, 5.74) is 3.24. The molecule has 0 unspecified atom stereocenters. The van der Waals surface area contributed by atoms with Gasteiger partial charge in [0, 0.05) is 29.8 Å². The molecule has 2 aromatic rings. The summed E-state index contributed by atoms with van der Waals surface area (Å²) < 4.78 is 5.15. The van der Waals surface area contributed by atoms with Crippen molar-refractivity contribution in [3.8, 4) is 11.3 Å². The average Bonchev–Trinajstić information content (AvgIpc) is 3.16. The van der Waals surface area contributed by atoms with Crippen LogP contribution in [0.25, 0.3) is 11.3 Å². The number of carboxylic acid groups (broad SMARTS) is 1. The van der Waals surface area contributed by atoms with Crippen LogP contribution in [0, 0.1) is 12.8 Å². The van der Waals surface area contributed by atoms with E-state index in [0.29, 0.717) is 18.2 Å². The molecular weight excluding hydrogens is 308 g/mol. The van der Waals surface area contributed by atoms with E-state index in [4.69, 9.17) is 9.63 Å². The molecule has 24 heavy (non-hydrogen) atoms. The molecule has 1 fully saturated rings. The summed E-state index contributed by atoms with van der Waals surface area (Å²) in [6.07, 6.45) is 2.39. The van der Waals surface area contributed by atoms with Gasteiger partial charge in [-0.05, 0) is 55.9 Å². The van der Waals surface area contributed by atoms with E-state index in [9.17, 15) is 9.59 Å². The highest BCUT2D eigenvalue weighted by Crippen LogP contribution is 2.39. The number of benzene rings is 1. The molecule has 6 nitrogen and oxygen atoms in total. The van der Waals surface area contributed by atoms with Crippen LogP contribution in [0.2, 0.25) is 0 Å². The lowest BCUT2D eigenvalue weighted by atomic mass is 9.99. The number of aromatic nitrogens is 1. The number of aryl methyl sites for hydroxylation is 1. The van der Waals surface area contributed by atoms with Gasteiger partial charge in [0.05, 0.1) is 0 Å². The van der Waals surface area contributed by atoms with Crippen molar-refractivity contribution in [3.05, 3.63) is 40.6 Å². The first-order valence-electron chi connectivity index (χ1n) is 8.10. The molecule has 0 spiro atoms. The molecule has 1 aromatic carbocycles. The Morgan fingerprint density at radius 1 is 1.38 bits per heavy atom. The fourth-order valence-electron chi connectivity index (χ4n) is 3.51. The molecule has 0 bridgehead atoms. The summed E-state index contributed by atoms with van der Waals surface area (Å²) >= 11 is 0. The SMILES string of the molecule is Cc1cc(-c2cc(C(=O)O)no2)cc2c1C(=O)N([C@@H](C)C1CC1)C2. The number of carbonyl (C=O) groups excluding carboxylic acids is 1. The largest absolute Gasteiger partial charge is 0.476 e. The van der Waals surface area contributed by atoms with Crippen LogP contribution in [0.3, 0.4) is 0 Å². The van der Waals surface area contributed by atoms with Gasteiger partial charge in [-0.15, -0.1) is 0 Å². The maximum absolute atomic E-state index is 12.7. The van der Waals surface area contributed by atoms with Crippen LogP contribution in [-0.4, -0.2) is 33.1 Å². The third-order valence-corrected chi connectivity index (χ3v) is 5.04. The first kappa shape index (κ1) is 14.9. The van der Waals surface area contributed by atoms with E-state index in [1.165, 1.54) is 18.9 Å². The van der Waals surface area contributed by atoms with Crippen molar-refractivity contribution in [1.82, 2.24) is 10.1 Å². The first-order chi connectivity index (χ1) is 11.5. The first-order valence-corrected chi connectivity index (χ1v) is 8.10. The Bertz CT molecular complexity index is 851. The fourth-order valence-corrected chi connectivity index (χ4v) is 3.51. The van der Waals surface area contributed by atoms with Gasteiger partial charge in [0.25, 0.3) is 5.91 Å². The minimum Gasteiger partial charge on any atom is -0.476 e. The van der Waals surface area contributed by atoms with E-state index in [2.05, 4.69) is 12.1 Å². The summed E-state index contributed by atoms with van der Waals surface area (Å²) in [4.78, 5) is 25.6. The molecule has 0 radical (unpaired) electrons. The summed E-state index contributed by atoms with van der Waals surface area (Å²) in [5, 5.41) is 12.5. The standard InChI is InChI=1S/C18H18N2O4/c1-9-5-12(15-7-14(18(22)23)19-24-15)6-13-8-20(17(21)16(9)13)10(2)11-3-4-11/h5-7,10-11H,3-4,8H2,1-2H3,(H,22,23)/t10-/m0/s1. The van der Waals surface area contributed by atoms with Crippen LogP contribution >= 0.6 is 0 Å². The number of amides is 1. The van der Waals surface area contributed by atoms with Crippen molar-refractivity contribution in [2.45, 2.75) is 39.3 Å². The third-order valence-electron chi connectivity index (χ3n) is 5.04. The van der Waals surface area contributed by atoms with Gasteiger partial charge in [-0.25, -0.2) is 4.79 Å². The molecule has 1 amide bonds. The summed E-state index contributed by atoms with van der Waals surface area (Å²) in [7, 11) is 0. The van der Waals surface area contributed by atoms with E-state index < -0.39 is 5.97 Å². The highest BCUT2D eigenvalue weighted by atomic mass is 16.5. The van der Waals surface area contributed by atoms with Gasteiger partial charge in [0.2, 0.25) is 0 Å². The van der Waals surface area contributed by atoms with E-state index in [1.807, 2.05) is 24.0 Å². The highest BCUT2D eigenvalue weighted by Gasteiger charge is 2.39. The minimum absolute atomic E-state index is 0.0947. The molecule has 124 valence electrons. The summed E-state index contributed by atoms with van der Waals surface area (Å²) in [5.74, 6) is -0.00499. The number of nitrogens with zero attached hydrogens (tertiary/aromatic N) is 2. The molecule has 0 saturated heterocycles. The Morgan fingerprint density at radius 3 is 2.75 bits per heavy atom. The van der Waals surface area contributed by atoms with E-state index in [0.717, 1.165) is 22.3 Å². The molecule has 1 aromatic heterocycles. The van der Waals surface area contributed by atoms with Gasteiger partial charge < -0.3 is 14.5 Å². The van der Waals surface area contributed by atoms with Gasteiger partial charge in [0.1, 0.15) is 0 Å². The lowest BCUT2D eigenvalue weighted by Gasteiger charge is -2.24. The Labute approximate surface area is 139 Å². The zero-order valence-corrected chi connectivity index (χ0v) is 13.6. The summed E-state index contributed by atoms with van der Waals surface area (Å²) in [6.45, 7) is 4.62. The van der Waals surface area contributed by atoms with Crippen LogP contribution in [0.5, 0.6) is 0 Å². The lowest BCUT2D eigenvalue weighted by molar-refractivity contribution is 0.0680. The van der Waals surface area contributed by atoms with E-state index in [-0.39, 0.29) is 17.6 Å². The zero-order chi connectivity index (χ0) is 17.0. The van der Waals surface area contributed by atoms with Crippen LogP contribution in [0.4, 0.5) is 0 Å². The van der Waals surface area contributed by atoms with Crippen molar-refractivity contribution in [2.75, 3.05) is 0 Å². The van der Waals surface area contributed by atoms with Gasteiger partial charge in [-0.3, -0.25) is 4.79 Å². The average molecular weight is 326 g/mol. The van der Waals surface area contributed by atoms with Crippen molar-refractivity contribution in [2.24, 2.45) is 5.92 Å². The maximum atomic E-state index is 12.7. The predicted molar refractivity (Wildman–Crippen MR) is 85.7 cm³/mol. The number of hydrogen-bond acceptors (Lipinski definition) is 4. The van der Waals surface area contributed by atoms with Gasteiger partial charge in [-0.1, -0.05) is 5.16 Å². The molecule has 1 aliphatic heterocycles. The smallest absolute Gasteiger partial charge is 0.358 e. The summed E-state index contributed by atoms with van der Waals surface area (Å²) in [6, 6.07) is 5.43. The fraction of sp³-hybridized carbons (Fsp3) is 0.389. The normalized spacial score (nSPS) is 17.9. The molecule has 6 heteroatoms. The van der Waals surface area contributed by atoms with E-state index >= 15 is 0 Å². The quantitative estimate of drug-likeness (QED) is 0.933. The Morgan fingerprint density at radius 2 is 2.12 bits per heavy atom. The Kier molecular flexibility index (Phi) is 3.23. The molecule has 1 atom stereocenters. The van der Waals surface area contributed by atoms with Crippen LogP contribution in [0.1, 0.15) is 51.7 Å². The highest BCUT2D eigenvalue weighted by molar-refractivity contribution is 6.00. The van der Waals surface area contributed by atoms with Gasteiger partial charge in [-0.2, -0.15) is 0 Å². The van der Waals surface area contributed by atoms with Crippen LogP contribution < -0.4 is 0 Å². The lowest BCUT2D eigenvalue weighted by Crippen LogP contribution is -2.34. The number of rotatable bonds is 4. The molecule has 2 heterocycles. The van der Waals surface area contributed by atoms with Crippen molar-refractivity contribution in [1.29, 1.82) is 0 Å². The molecule has 4 rings (SSSR count). The monoisotopic (exact) mass is 326 g/mol. The number of hydrogen-bond donors (Lipinski definition) is 1. The van der Waals surface area contributed by atoms with Crippen molar-refractivity contribution in [3.63, 3.8) is 0 Å². The minimum atomic E-state index is -1.12. The van der Waals surface area contributed by atoms with Gasteiger partial charge in [0.15, 0.2) is 11.5 Å². The second-order valence-corrected chi connectivity index (χ2v) is 6.72. The van der Waals surface area contributed by atoms with Crippen LogP contribution in [-0.2, 0) is 6.54 Å². The van der Waals surface area contributed by atoms with Crippen molar-refractivity contribution >= 4 is 11.9 Å². The second-order valence-electron chi connectivity index (χ2n) is 6.72.